The summed E-state index contributed by atoms with van der Waals surface area (Å²) in [6.45, 7) is 0.163. The number of alkyl halides is 5. The average Bonchev–Trinajstić information content (AvgIpc) is 2.45. The minimum atomic E-state index is -5.08. The number of hydrogen-bond acceptors (Lipinski definition) is 3. The van der Waals surface area contributed by atoms with Gasteiger partial charge in [-0.25, -0.2) is 13.6 Å². The molecule has 0 unspecified atom stereocenters. The summed E-state index contributed by atoms with van der Waals surface area (Å²) in [5, 5.41) is 9.80. The number of carboxylic acid groups (broad SMARTS) is 1. The van der Waals surface area contributed by atoms with E-state index in [0.717, 1.165) is 0 Å². The Bertz CT molecular complexity index is 256. The fraction of sp³-hybridized carbons (Fsp3) is 0.875. The quantitative estimate of drug-likeness (QED) is 0.738. The van der Waals surface area contributed by atoms with Gasteiger partial charge in [0.15, 0.2) is 0 Å². The number of rotatable bonds is 2. The predicted octanol–water partition coefficient (Wildman–Crippen LogP) is 1.26. The molecule has 2 N–H and O–H groups in total. The second-order valence-corrected chi connectivity index (χ2v) is 3.40. The molecule has 0 spiro atoms. The van der Waals surface area contributed by atoms with Crippen LogP contribution in [0, 0.1) is 0 Å². The van der Waals surface area contributed by atoms with Crippen LogP contribution in [0.2, 0.25) is 0 Å². The van der Waals surface area contributed by atoms with E-state index in [-0.39, 0.29) is 19.0 Å². The van der Waals surface area contributed by atoms with Crippen molar-refractivity contribution in [2.45, 2.75) is 24.6 Å². The van der Waals surface area contributed by atoms with E-state index in [9.17, 15) is 22.0 Å². The van der Waals surface area contributed by atoms with Crippen LogP contribution in [-0.2, 0) is 9.53 Å². The first kappa shape index (κ1) is 16.0. The molecule has 0 amide bonds. The molecule has 0 aromatic rings. The number of methoxy groups -OCH3 is 1. The van der Waals surface area contributed by atoms with Gasteiger partial charge in [-0.05, 0) is 0 Å². The molecule has 0 saturated carbocycles. The molecule has 0 aromatic heterocycles. The minimum Gasteiger partial charge on any atom is -0.475 e. The van der Waals surface area contributed by atoms with Crippen LogP contribution in [0.15, 0.2) is 0 Å². The summed E-state index contributed by atoms with van der Waals surface area (Å²) in [4.78, 5) is 8.90. The SMILES string of the molecule is COC[C@H]1CC(F)(F)CN1.O=C(O)C(F)(F)F. The van der Waals surface area contributed by atoms with Crippen LogP contribution >= 0.6 is 0 Å². The van der Waals surface area contributed by atoms with Crippen molar-refractivity contribution in [3.63, 3.8) is 0 Å². The molecule has 1 aliphatic heterocycles. The molecule has 1 aliphatic rings. The average molecular weight is 265 g/mol. The zero-order valence-electron chi connectivity index (χ0n) is 8.85. The van der Waals surface area contributed by atoms with Crippen molar-refractivity contribution < 1.29 is 36.6 Å². The number of ether oxygens (including phenoxy) is 1. The monoisotopic (exact) mass is 265 g/mol. The third kappa shape index (κ3) is 7.05. The first-order valence-corrected chi connectivity index (χ1v) is 4.49. The van der Waals surface area contributed by atoms with Crippen LogP contribution < -0.4 is 5.32 Å². The second-order valence-electron chi connectivity index (χ2n) is 3.40. The van der Waals surface area contributed by atoms with E-state index in [1.165, 1.54) is 7.11 Å². The van der Waals surface area contributed by atoms with Gasteiger partial charge in [-0.15, -0.1) is 0 Å². The van der Waals surface area contributed by atoms with Crippen LogP contribution in [0.4, 0.5) is 22.0 Å². The van der Waals surface area contributed by atoms with Crippen molar-refractivity contribution in [2.75, 3.05) is 20.3 Å². The number of nitrogens with one attached hydrogen (secondary N) is 1. The fourth-order valence-corrected chi connectivity index (χ4v) is 1.12. The highest BCUT2D eigenvalue weighted by Gasteiger charge is 2.39. The van der Waals surface area contributed by atoms with Gasteiger partial charge < -0.3 is 15.2 Å². The Labute approximate surface area is 93.7 Å². The van der Waals surface area contributed by atoms with Gasteiger partial charge in [0.05, 0.1) is 13.2 Å². The molecular formula is C8H12F5NO3. The lowest BCUT2D eigenvalue weighted by Crippen LogP contribution is -2.26. The second kappa shape index (κ2) is 6.10. The Morgan fingerprint density at radius 1 is 1.53 bits per heavy atom. The zero-order valence-corrected chi connectivity index (χ0v) is 8.85. The maximum atomic E-state index is 12.4. The molecule has 1 rings (SSSR count). The van der Waals surface area contributed by atoms with Crippen LogP contribution in [-0.4, -0.2) is 49.5 Å². The van der Waals surface area contributed by atoms with E-state index in [4.69, 9.17) is 14.6 Å². The highest BCUT2D eigenvalue weighted by molar-refractivity contribution is 5.73. The normalized spacial score (nSPS) is 22.8. The molecule has 1 heterocycles. The zero-order chi connectivity index (χ0) is 13.7. The van der Waals surface area contributed by atoms with E-state index >= 15 is 0 Å². The van der Waals surface area contributed by atoms with Crippen LogP contribution in [0.25, 0.3) is 0 Å². The van der Waals surface area contributed by atoms with E-state index in [0.29, 0.717) is 6.61 Å². The van der Waals surface area contributed by atoms with Crippen LogP contribution in [0.1, 0.15) is 6.42 Å². The number of halogens is 5. The van der Waals surface area contributed by atoms with Gasteiger partial charge in [-0.1, -0.05) is 0 Å². The van der Waals surface area contributed by atoms with E-state index in [2.05, 4.69) is 5.32 Å². The van der Waals surface area contributed by atoms with Gasteiger partial charge >= 0.3 is 12.1 Å². The van der Waals surface area contributed by atoms with Gasteiger partial charge in [-0.3, -0.25) is 0 Å². The summed E-state index contributed by atoms with van der Waals surface area (Å²) in [5.41, 5.74) is 0. The Morgan fingerprint density at radius 3 is 2.24 bits per heavy atom. The molecule has 1 saturated heterocycles. The van der Waals surface area contributed by atoms with Gasteiger partial charge in [0.1, 0.15) is 0 Å². The summed E-state index contributed by atoms with van der Waals surface area (Å²) < 4.78 is 61.3. The van der Waals surface area contributed by atoms with Crippen molar-refractivity contribution >= 4 is 5.97 Å². The van der Waals surface area contributed by atoms with Crippen molar-refractivity contribution in [2.24, 2.45) is 0 Å². The molecule has 102 valence electrons. The summed E-state index contributed by atoms with van der Waals surface area (Å²) in [6, 6.07) is -0.167. The highest BCUT2D eigenvalue weighted by atomic mass is 19.4. The fourth-order valence-electron chi connectivity index (χ4n) is 1.12. The van der Waals surface area contributed by atoms with Gasteiger partial charge in [0.2, 0.25) is 0 Å². The summed E-state index contributed by atoms with van der Waals surface area (Å²) in [5.74, 6) is -5.28. The Morgan fingerprint density at radius 2 is 2.00 bits per heavy atom. The van der Waals surface area contributed by atoms with Gasteiger partial charge in [0.25, 0.3) is 5.92 Å². The van der Waals surface area contributed by atoms with Crippen molar-refractivity contribution in [1.29, 1.82) is 0 Å². The topological polar surface area (TPSA) is 58.6 Å². The molecule has 1 atom stereocenters. The summed E-state index contributed by atoms with van der Waals surface area (Å²) in [7, 11) is 1.51. The summed E-state index contributed by atoms with van der Waals surface area (Å²) >= 11 is 0. The van der Waals surface area contributed by atoms with E-state index in [1.807, 2.05) is 0 Å². The molecule has 0 aromatic carbocycles. The highest BCUT2D eigenvalue weighted by Crippen LogP contribution is 2.24. The Balaban J connectivity index is 0.000000325. The lowest BCUT2D eigenvalue weighted by atomic mass is 10.2. The van der Waals surface area contributed by atoms with Gasteiger partial charge in [0, 0.05) is 19.6 Å². The molecule has 0 bridgehead atoms. The van der Waals surface area contributed by atoms with Crippen LogP contribution in [0.3, 0.4) is 0 Å². The van der Waals surface area contributed by atoms with Crippen molar-refractivity contribution in [1.82, 2.24) is 5.32 Å². The maximum absolute atomic E-state index is 12.4. The smallest absolute Gasteiger partial charge is 0.475 e. The molecule has 1 fully saturated rings. The van der Waals surface area contributed by atoms with Gasteiger partial charge in [-0.2, -0.15) is 13.2 Å². The minimum absolute atomic E-state index is 0.0964. The number of hydrogen-bond donors (Lipinski definition) is 2. The standard InChI is InChI=1S/C6H11F2NO.C2HF3O2/c1-10-3-5-2-6(7,8)4-9-5;3-2(4,5)1(6)7/h5,9H,2-4H2,1H3;(H,6,7)/t5-;/m1./s1. The van der Waals surface area contributed by atoms with Crippen molar-refractivity contribution in [3.05, 3.63) is 0 Å². The number of aliphatic carboxylic acids is 1. The first-order valence-electron chi connectivity index (χ1n) is 4.49. The largest absolute Gasteiger partial charge is 0.490 e. The Kier molecular flexibility index (Phi) is 5.76. The number of carbonyl (C=O) groups is 1. The van der Waals surface area contributed by atoms with Crippen LogP contribution in [0.5, 0.6) is 0 Å². The molecule has 17 heavy (non-hydrogen) atoms. The summed E-state index contributed by atoms with van der Waals surface area (Å²) in [6.07, 6.45) is -5.18. The first-order chi connectivity index (χ1) is 7.58. The lowest BCUT2D eigenvalue weighted by molar-refractivity contribution is -0.192. The third-order valence-corrected chi connectivity index (χ3v) is 1.80. The molecule has 0 aliphatic carbocycles. The number of carboxylic acids is 1. The van der Waals surface area contributed by atoms with E-state index < -0.39 is 18.1 Å². The lowest BCUT2D eigenvalue weighted by Gasteiger charge is -2.07. The predicted molar refractivity (Wildman–Crippen MR) is 46.9 cm³/mol. The molecular weight excluding hydrogens is 253 g/mol. The molecule has 9 heteroatoms. The van der Waals surface area contributed by atoms with E-state index in [1.54, 1.807) is 0 Å². The molecule has 4 nitrogen and oxygen atoms in total. The molecule has 0 radical (unpaired) electrons. The van der Waals surface area contributed by atoms with Crippen molar-refractivity contribution in [3.8, 4) is 0 Å². The maximum Gasteiger partial charge on any atom is 0.490 e. The third-order valence-electron chi connectivity index (χ3n) is 1.80. The Hall–Kier alpha value is -0.960.